The predicted molar refractivity (Wildman–Crippen MR) is 67.4 cm³/mol. The summed E-state index contributed by atoms with van der Waals surface area (Å²) in [4.78, 5) is 25.1. The highest BCUT2D eigenvalue weighted by Gasteiger charge is 2.37. The first-order valence-corrected chi connectivity index (χ1v) is 6.04. The summed E-state index contributed by atoms with van der Waals surface area (Å²) in [6.45, 7) is 0. The largest absolute Gasteiger partial charge is 0.545 e. The predicted octanol–water partition coefficient (Wildman–Crippen LogP) is 1.19. The van der Waals surface area contributed by atoms with Gasteiger partial charge in [-0.1, -0.05) is 5.16 Å². The Balaban J connectivity index is 3.20. The van der Waals surface area contributed by atoms with Crippen molar-refractivity contribution in [2.75, 3.05) is 0 Å². The van der Waals surface area contributed by atoms with Crippen LogP contribution in [-0.4, -0.2) is 17.8 Å². The Morgan fingerprint density at radius 1 is 1.00 bits per heavy atom. The van der Waals surface area contributed by atoms with E-state index in [9.17, 15) is 41.0 Å². The second-order valence-electron chi connectivity index (χ2n) is 4.33. The lowest BCUT2D eigenvalue weighted by Gasteiger charge is -2.13. The molecule has 0 aliphatic heterocycles. The summed E-state index contributed by atoms with van der Waals surface area (Å²) in [6, 6.07) is 0.434. The van der Waals surface area contributed by atoms with Gasteiger partial charge in [0.25, 0.3) is 0 Å². The summed E-state index contributed by atoms with van der Waals surface area (Å²) in [5.74, 6) is -4.11. The lowest BCUT2D eigenvalue weighted by atomic mass is 10.0. The minimum atomic E-state index is -5.09. The molecule has 0 aliphatic rings. The van der Waals surface area contributed by atoms with Crippen LogP contribution in [0.25, 0.3) is 0 Å². The van der Waals surface area contributed by atoms with E-state index in [0.717, 1.165) is 0 Å². The Hall–Kier alpha value is -3.05. The molecule has 2 N–H and O–H groups in total. The maximum atomic E-state index is 12.7. The third-order valence-electron chi connectivity index (χ3n) is 2.47. The number of hydrogen-bond acceptors (Lipinski definition) is 5. The zero-order chi connectivity index (χ0) is 19.4. The van der Waals surface area contributed by atoms with E-state index in [-0.39, 0.29) is 24.3 Å². The molecule has 0 unspecified atom stereocenters. The van der Waals surface area contributed by atoms with E-state index in [1.165, 1.54) is 0 Å². The number of amidine groups is 1. The van der Waals surface area contributed by atoms with Crippen LogP contribution in [0.3, 0.4) is 0 Å². The number of carbonyl (C=O) groups is 2. The lowest BCUT2D eigenvalue weighted by molar-refractivity contribution is -0.297. The molecule has 0 radical (unpaired) electrons. The van der Waals surface area contributed by atoms with Crippen molar-refractivity contribution in [1.29, 1.82) is 0 Å². The van der Waals surface area contributed by atoms with Crippen LogP contribution in [0.2, 0.25) is 0 Å². The van der Waals surface area contributed by atoms with E-state index in [2.05, 4.69) is 9.99 Å². The number of halogens is 6. The first-order valence-electron chi connectivity index (χ1n) is 6.04. The van der Waals surface area contributed by atoms with Crippen molar-refractivity contribution in [3.8, 4) is 0 Å². The van der Waals surface area contributed by atoms with Crippen LogP contribution in [0.4, 0.5) is 26.3 Å². The molecule has 0 saturated carbocycles. The van der Waals surface area contributed by atoms with E-state index >= 15 is 0 Å². The first-order chi connectivity index (χ1) is 11.3. The molecule has 0 bridgehead atoms. The highest BCUT2D eigenvalue weighted by atomic mass is 19.4. The fourth-order valence-corrected chi connectivity index (χ4v) is 1.42. The van der Waals surface area contributed by atoms with Crippen LogP contribution >= 0.6 is 0 Å². The monoisotopic (exact) mass is 369 g/mol. The van der Waals surface area contributed by atoms with Gasteiger partial charge in [-0.2, -0.15) is 26.3 Å². The van der Waals surface area contributed by atoms with Gasteiger partial charge in [-0.05, 0) is 24.3 Å². The van der Waals surface area contributed by atoms with Crippen molar-refractivity contribution < 1.29 is 45.9 Å². The molecule has 1 aromatic rings. The number of aliphatic carboxylic acids is 1. The van der Waals surface area contributed by atoms with Gasteiger partial charge in [0.15, 0.2) is 5.84 Å². The molecule has 1 rings (SSSR count). The molecule has 0 aromatic heterocycles. The molecule has 0 spiro atoms. The highest BCUT2D eigenvalue weighted by Crippen LogP contribution is 2.36. The Kier molecular flexibility index (Phi) is 5.79. The molecule has 12 heteroatoms. The van der Waals surface area contributed by atoms with Crippen molar-refractivity contribution in [3.05, 3.63) is 47.0 Å². The number of carboxylic acid groups (broad SMARTS) is 1. The lowest BCUT2D eigenvalue weighted by Crippen LogP contribution is -2.20. The molecular formula is C13H7F6N2O4-. The van der Waals surface area contributed by atoms with Crippen LogP contribution in [0.15, 0.2) is 35.5 Å². The Morgan fingerprint density at radius 2 is 1.48 bits per heavy atom. The summed E-state index contributed by atoms with van der Waals surface area (Å²) in [7, 11) is 0. The van der Waals surface area contributed by atoms with Crippen molar-refractivity contribution in [2.24, 2.45) is 10.9 Å². The Morgan fingerprint density at radius 3 is 1.88 bits per heavy atom. The minimum Gasteiger partial charge on any atom is -0.545 e. The van der Waals surface area contributed by atoms with Crippen LogP contribution in [0, 0.1) is 0 Å². The van der Waals surface area contributed by atoms with Crippen LogP contribution in [0.1, 0.15) is 16.7 Å². The van der Waals surface area contributed by atoms with Crippen molar-refractivity contribution in [1.82, 2.24) is 0 Å². The number of hydrogen-bond donors (Lipinski definition) is 1. The Labute approximate surface area is 135 Å². The van der Waals surface area contributed by atoms with Crippen LogP contribution < -0.4 is 10.8 Å². The van der Waals surface area contributed by atoms with E-state index in [1.807, 2.05) is 0 Å². The van der Waals surface area contributed by atoms with E-state index < -0.39 is 46.8 Å². The molecule has 136 valence electrons. The normalized spacial score (nSPS) is 13.1. The van der Waals surface area contributed by atoms with Gasteiger partial charge in [-0.25, -0.2) is 4.79 Å². The molecule has 1 aromatic carbocycles. The van der Waals surface area contributed by atoms with Gasteiger partial charge < -0.3 is 20.5 Å². The summed E-state index contributed by atoms with van der Waals surface area (Å²) in [5, 5.41) is 12.9. The van der Waals surface area contributed by atoms with Gasteiger partial charge in [0.1, 0.15) is 0 Å². The minimum absolute atomic E-state index is 0.120. The first kappa shape index (κ1) is 20.0. The number of oxime groups is 1. The quantitative estimate of drug-likeness (QED) is 0.214. The van der Waals surface area contributed by atoms with E-state index in [1.54, 1.807) is 0 Å². The standard InChI is InChI=1S/C13H8F6N2O4/c14-12(15,16)7-3-6(4-8(5-7)13(17,18)19)11(20)21-25-10(24)2-1-9(22)23/h1-5H,(H2,20,21)(H,22,23)/p-1/b2-1+. The van der Waals surface area contributed by atoms with Gasteiger partial charge in [0, 0.05) is 11.6 Å². The maximum absolute atomic E-state index is 12.7. The second-order valence-corrected chi connectivity index (χ2v) is 4.33. The second kappa shape index (κ2) is 7.23. The van der Waals surface area contributed by atoms with Gasteiger partial charge in [0.2, 0.25) is 0 Å². The summed E-state index contributed by atoms with van der Waals surface area (Å²) in [5.41, 5.74) is 1.12. The van der Waals surface area contributed by atoms with Crippen LogP contribution in [0.5, 0.6) is 0 Å². The SMILES string of the molecule is N/C(=N/OC(=O)/C=C/C(=O)[O-])c1cc(C(F)(F)F)cc(C(F)(F)F)c1. The third-order valence-corrected chi connectivity index (χ3v) is 2.47. The number of nitrogens with two attached hydrogens (primary N) is 1. The molecule has 0 atom stereocenters. The fraction of sp³-hybridized carbons (Fsp3) is 0.154. The molecule has 0 saturated heterocycles. The van der Waals surface area contributed by atoms with Crippen molar-refractivity contribution in [2.45, 2.75) is 12.4 Å². The zero-order valence-electron chi connectivity index (χ0n) is 11.8. The van der Waals surface area contributed by atoms with Crippen molar-refractivity contribution in [3.63, 3.8) is 0 Å². The van der Waals surface area contributed by atoms with Gasteiger partial charge in [-0.15, -0.1) is 0 Å². The number of rotatable bonds is 4. The molecule has 25 heavy (non-hydrogen) atoms. The van der Waals surface area contributed by atoms with Crippen LogP contribution in [-0.2, 0) is 26.8 Å². The van der Waals surface area contributed by atoms with E-state index in [0.29, 0.717) is 6.08 Å². The smallest absolute Gasteiger partial charge is 0.416 e. The average Bonchev–Trinajstić information content (AvgIpc) is 2.48. The molecule has 0 heterocycles. The summed E-state index contributed by atoms with van der Waals surface area (Å²) < 4.78 is 76.1. The highest BCUT2D eigenvalue weighted by molar-refractivity contribution is 5.98. The molecule has 0 aliphatic carbocycles. The van der Waals surface area contributed by atoms with Gasteiger partial charge >= 0.3 is 18.3 Å². The summed E-state index contributed by atoms with van der Waals surface area (Å²) >= 11 is 0. The molecular weight excluding hydrogens is 362 g/mol. The number of benzene rings is 1. The average molecular weight is 369 g/mol. The zero-order valence-corrected chi connectivity index (χ0v) is 11.8. The Bertz CT molecular complexity index is 705. The number of carboxylic acids is 1. The molecule has 0 fully saturated rings. The number of carbonyl (C=O) groups excluding carboxylic acids is 2. The number of alkyl halides is 6. The molecule has 0 amide bonds. The molecule has 6 nitrogen and oxygen atoms in total. The fourth-order valence-electron chi connectivity index (χ4n) is 1.42. The number of nitrogens with zero attached hydrogens (tertiary/aromatic N) is 1. The van der Waals surface area contributed by atoms with Gasteiger partial charge in [0.05, 0.1) is 17.1 Å². The summed E-state index contributed by atoms with van der Waals surface area (Å²) in [6.07, 6.45) is -9.58. The topological polar surface area (TPSA) is 105 Å². The van der Waals surface area contributed by atoms with Crippen molar-refractivity contribution >= 4 is 17.8 Å². The maximum Gasteiger partial charge on any atom is 0.416 e. The third kappa shape index (κ3) is 6.16. The van der Waals surface area contributed by atoms with Gasteiger partial charge in [-0.3, -0.25) is 0 Å². The van der Waals surface area contributed by atoms with E-state index in [4.69, 9.17) is 5.73 Å².